The third-order valence-corrected chi connectivity index (χ3v) is 3.63. The molecule has 0 aromatic heterocycles. The fourth-order valence-electron chi connectivity index (χ4n) is 2.90. The van der Waals surface area contributed by atoms with Gasteiger partial charge in [-0.25, -0.2) is 9.18 Å². The number of carbonyl (C=O) groups is 1. The third kappa shape index (κ3) is 2.98. The normalized spacial score (nSPS) is 15.9. The number of aliphatic imine (C=N–C) groups is 1. The Bertz CT molecular complexity index is 624. The van der Waals surface area contributed by atoms with Gasteiger partial charge in [0.1, 0.15) is 11.6 Å². The van der Waals surface area contributed by atoms with Crippen LogP contribution >= 0.6 is 0 Å². The van der Waals surface area contributed by atoms with Crippen LogP contribution in [0.25, 0.3) is 0 Å². The number of hydrogen-bond acceptors (Lipinski definition) is 2. The number of nitrogens with zero attached hydrogens (tertiary/aromatic N) is 2. The maximum Gasteiger partial charge on any atom is 0.347 e. The zero-order valence-electron chi connectivity index (χ0n) is 13.0. The molecule has 0 saturated heterocycles. The highest BCUT2D eigenvalue weighted by Gasteiger charge is 2.37. The second kappa shape index (κ2) is 5.82. The van der Waals surface area contributed by atoms with Crippen molar-refractivity contribution in [3.05, 3.63) is 29.1 Å². The van der Waals surface area contributed by atoms with Crippen molar-refractivity contribution in [1.29, 1.82) is 0 Å². The van der Waals surface area contributed by atoms with Gasteiger partial charge in [-0.15, -0.1) is 0 Å². The van der Waals surface area contributed by atoms with Crippen LogP contribution in [0.1, 0.15) is 31.9 Å². The molecule has 22 heavy (non-hydrogen) atoms. The van der Waals surface area contributed by atoms with Gasteiger partial charge in [0.2, 0.25) is 0 Å². The first kappa shape index (κ1) is 16.1. The Labute approximate surface area is 128 Å². The quantitative estimate of drug-likeness (QED) is 0.642. The molecule has 1 aliphatic rings. The average molecular weight is 308 g/mol. The van der Waals surface area contributed by atoms with E-state index in [1.165, 1.54) is 11.0 Å². The second-order valence-corrected chi connectivity index (χ2v) is 5.89. The minimum absolute atomic E-state index is 0.210. The van der Waals surface area contributed by atoms with Gasteiger partial charge in [0.15, 0.2) is 5.96 Å². The van der Waals surface area contributed by atoms with Crippen molar-refractivity contribution in [3.63, 3.8) is 0 Å². The Morgan fingerprint density at radius 1 is 1.45 bits per heavy atom. The molecule has 1 aromatic carbocycles. The summed E-state index contributed by atoms with van der Waals surface area (Å²) >= 11 is 0. The van der Waals surface area contributed by atoms with Gasteiger partial charge in [-0.3, -0.25) is 0 Å². The highest BCUT2D eigenvalue weighted by atomic mass is 19.1. The lowest BCUT2D eigenvalue weighted by molar-refractivity contribution is 0.179. The van der Waals surface area contributed by atoms with Crippen molar-refractivity contribution >= 4 is 12.0 Å². The Hall–Kier alpha value is -2.31. The molecule has 4 N–H and O–H groups in total. The molecule has 7 heteroatoms. The van der Waals surface area contributed by atoms with E-state index >= 15 is 0 Å². The molecule has 6 nitrogen and oxygen atoms in total. The summed E-state index contributed by atoms with van der Waals surface area (Å²) in [6.45, 7) is 6.59. The van der Waals surface area contributed by atoms with E-state index in [0.29, 0.717) is 30.0 Å². The number of urea groups is 1. The number of guanidine groups is 1. The molecule has 0 unspecified atom stereocenters. The number of hydrogen-bond donors (Lipinski definition) is 2. The standard InChI is InChI=1S/C15H21FN4O2/c1-4-22-11-6-5-10(16)12-9(11)7-20(8-15(12,2)3)14(21)19-13(17)18/h5-6H,4,7-8H2,1-3H3,(H4,17,18,19,21). The Morgan fingerprint density at radius 3 is 2.73 bits per heavy atom. The second-order valence-electron chi connectivity index (χ2n) is 5.89. The molecule has 0 fully saturated rings. The summed E-state index contributed by atoms with van der Waals surface area (Å²) in [6, 6.07) is 2.45. The van der Waals surface area contributed by atoms with Gasteiger partial charge in [0.25, 0.3) is 0 Å². The Balaban J connectivity index is 2.49. The van der Waals surface area contributed by atoms with Gasteiger partial charge in [-0.2, -0.15) is 4.99 Å². The van der Waals surface area contributed by atoms with Crippen molar-refractivity contribution in [2.75, 3.05) is 13.2 Å². The van der Waals surface area contributed by atoms with Crippen LogP contribution in [-0.2, 0) is 12.0 Å². The topological polar surface area (TPSA) is 93.9 Å². The van der Waals surface area contributed by atoms with E-state index in [0.717, 1.165) is 0 Å². The summed E-state index contributed by atoms with van der Waals surface area (Å²) in [4.78, 5) is 17.2. The number of halogens is 1. The van der Waals surface area contributed by atoms with Crippen molar-refractivity contribution in [1.82, 2.24) is 4.90 Å². The molecule has 0 saturated carbocycles. The van der Waals surface area contributed by atoms with Crippen molar-refractivity contribution in [2.45, 2.75) is 32.7 Å². The number of fused-ring (bicyclic) bond motifs is 1. The smallest absolute Gasteiger partial charge is 0.347 e. The number of amides is 2. The highest BCUT2D eigenvalue weighted by molar-refractivity contribution is 5.90. The Kier molecular flexibility index (Phi) is 4.25. The first-order valence-corrected chi connectivity index (χ1v) is 7.09. The molecule has 0 aliphatic carbocycles. The molecular formula is C15H21FN4O2. The monoisotopic (exact) mass is 308 g/mol. The first-order chi connectivity index (χ1) is 10.3. The van der Waals surface area contributed by atoms with E-state index in [-0.39, 0.29) is 18.3 Å². The number of carbonyl (C=O) groups excluding carboxylic acids is 1. The predicted octanol–water partition coefficient (Wildman–Crippen LogP) is 1.71. The predicted molar refractivity (Wildman–Crippen MR) is 82.2 cm³/mol. The molecule has 2 amide bonds. The minimum Gasteiger partial charge on any atom is -0.494 e. The fraction of sp³-hybridized carbons (Fsp3) is 0.467. The highest BCUT2D eigenvalue weighted by Crippen LogP contribution is 2.39. The fourth-order valence-corrected chi connectivity index (χ4v) is 2.90. The molecule has 0 atom stereocenters. The van der Waals surface area contributed by atoms with E-state index < -0.39 is 11.4 Å². The maximum atomic E-state index is 14.3. The van der Waals surface area contributed by atoms with Crippen LogP contribution in [0, 0.1) is 5.82 Å². The average Bonchev–Trinajstić information content (AvgIpc) is 2.39. The van der Waals surface area contributed by atoms with Gasteiger partial charge in [-0.1, -0.05) is 13.8 Å². The zero-order chi connectivity index (χ0) is 16.5. The zero-order valence-corrected chi connectivity index (χ0v) is 13.0. The molecule has 120 valence electrons. The number of benzene rings is 1. The van der Waals surface area contributed by atoms with Crippen molar-refractivity contribution in [3.8, 4) is 5.75 Å². The van der Waals surface area contributed by atoms with Crippen LogP contribution in [-0.4, -0.2) is 30.0 Å². The van der Waals surface area contributed by atoms with Crippen LogP contribution in [0.3, 0.4) is 0 Å². The summed E-state index contributed by atoms with van der Waals surface area (Å²) in [5.41, 5.74) is 11.2. The third-order valence-electron chi connectivity index (χ3n) is 3.63. The SMILES string of the molecule is CCOc1ccc(F)c2c1CN(C(=O)N=C(N)N)CC2(C)C. The van der Waals surface area contributed by atoms with Crippen molar-refractivity contribution < 1.29 is 13.9 Å². The van der Waals surface area contributed by atoms with Crippen LogP contribution in [0.15, 0.2) is 17.1 Å². The van der Waals surface area contributed by atoms with Crippen LogP contribution in [0.2, 0.25) is 0 Å². The molecule has 1 heterocycles. The Morgan fingerprint density at radius 2 is 2.14 bits per heavy atom. The molecule has 2 rings (SSSR count). The van der Waals surface area contributed by atoms with Gasteiger partial charge >= 0.3 is 6.03 Å². The van der Waals surface area contributed by atoms with Crippen LogP contribution in [0.4, 0.5) is 9.18 Å². The van der Waals surface area contributed by atoms with E-state index in [2.05, 4.69) is 4.99 Å². The van der Waals surface area contributed by atoms with E-state index in [1.807, 2.05) is 20.8 Å². The number of rotatable bonds is 2. The van der Waals surface area contributed by atoms with Crippen molar-refractivity contribution in [2.24, 2.45) is 16.5 Å². The van der Waals surface area contributed by atoms with Crippen LogP contribution < -0.4 is 16.2 Å². The van der Waals surface area contributed by atoms with E-state index in [9.17, 15) is 9.18 Å². The summed E-state index contributed by atoms with van der Waals surface area (Å²) in [5, 5.41) is 0. The van der Waals surface area contributed by atoms with Gasteiger partial charge in [0.05, 0.1) is 13.2 Å². The lowest BCUT2D eigenvalue weighted by Gasteiger charge is -2.39. The molecule has 0 spiro atoms. The molecule has 0 radical (unpaired) electrons. The van der Waals surface area contributed by atoms with E-state index in [4.69, 9.17) is 16.2 Å². The number of nitrogens with two attached hydrogens (primary N) is 2. The van der Waals surface area contributed by atoms with Gasteiger partial charge in [-0.05, 0) is 19.1 Å². The van der Waals surface area contributed by atoms with Gasteiger partial charge in [0, 0.05) is 23.1 Å². The lowest BCUT2D eigenvalue weighted by Crippen LogP contribution is -2.45. The number of ether oxygens (including phenoxy) is 1. The minimum atomic E-state index is -0.570. The molecular weight excluding hydrogens is 287 g/mol. The van der Waals surface area contributed by atoms with E-state index in [1.54, 1.807) is 6.07 Å². The van der Waals surface area contributed by atoms with Gasteiger partial charge < -0.3 is 21.1 Å². The first-order valence-electron chi connectivity index (χ1n) is 7.09. The molecule has 0 bridgehead atoms. The summed E-state index contributed by atoms with van der Waals surface area (Å²) in [7, 11) is 0. The summed E-state index contributed by atoms with van der Waals surface area (Å²) < 4.78 is 19.9. The largest absolute Gasteiger partial charge is 0.494 e. The lowest BCUT2D eigenvalue weighted by atomic mass is 9.77. The molecule has 1 aromatic rings. The summed E-state index contributed by atoms with van der Waals surface area (Å²) in [6.07, 6.45) is 0. The molecule has 1 aliphatic heterocycles. The summed E-state index contributed by atoms with van der Waals surface area (Å²) in [5.74, 6) is -0.00977. The maximum absolute atomic E-state index is 14.3. The van der Waals surface area contributed by atoms with Crippen LogP contribution in [0.5, 0.6) is 5.75 Å².